The fourth-order valence-corrected chi connectivity index (χ4v) is 4.50. The topological polar surface area (TPSA) is 99.5 Å². The summed E-state index contributed by atoms with van der Waals surface area (Å²) >= 11 is 0. The third-order valence-corrected chi connectivity index (χ3v) is 6.88. The molecule has 1 N–H and O–H groups in total. The summed E-state index contributed by atoms with van der Waals surface area (Å²) in [6.07, 6.45) is 0.783. The zero-order valence-electron chi connectivity index (χ0n) is 17.9. The average molecular weight is 456 g/mol. The van der Waals surface area contributed by atoms with Crippen molar-refractivity contribution in [1.82, 2.24) is 14.5 Å². The minimum Gasteiger partial charge on any atom is -0.439 e. The Bertz CT molecular complexity index is 1210. The molecule has 1 aliphatic rings. The van der Waals surface area contributed by atoms with Crippen LogP contribution in [0, 0.1) is 0 Å². The van der Waals surface area contributed by atoms with Crippen molar-refractivity contribution < 1.29 is 22.7 Å². The van der Waals surface area contributed by atoms with E-state index in [9.17, 15) is 13.2 Å². The molecule has 168 valence electrons. The molecule has 0 radical (unpaired) electrons. The van der Waals surface area contributed by atoms with Crippen molar-refractivity contribution in [2.24, 2.45) is 0 Å². The number of aldehydes is 1. The lowest BCUT2D eigenvalue weighted by molar-refractivity contribution is -0.0663. The van der Waals surface area contributed by atoms with Gasteiger partial charge < -0.3 is 9.47 Å². The molecule has 1 aromatic heterocycles. The molecule has 0 amide bonds. The second-order valence-electron chi connectivity index (χ2n) is 7.63. The number of ether oxygens (including phenoxy) is 2. The van der Waals surface area contributed by atoms with Crippen LogP contribution in [0.15, 0.2) is 54.6 Å². The van der Waals surface area contributed by atoms with Gasteiger partial charge in [0.15, 0.2) is 0 Å². The average Bonchev–Trinajstić information content (AvgIpc) is 3.20. The van der Waals surface area contributed by atoms with Gasteiger partial charge in [0.25, 0.3) is 0 Å². The Morgan fingerprint density at radius 1 is 1.16 bits per heavy atom. The Morgan fingerprint density at radius 2 is 1.91 bits per heavy atom. The molecule has 0 aliphatic carbocycles. The maximum Gasteiger partial charge on any atom is 0.218 e. The molecule has 3 aromatic rings. The van der Waals surface area contributed by atoms with Crippen LogP contribution in [0.2, 0.25) is 0 Å². The number of carbonyl (C=O) groups excluding carboxylic acids is 1. The van der Waals surface area contributed by atoms with E-state index in [-0.39, 0.29) is 19.0 Å². The highest BCUT2D eigenvalue weighted by atomic mass is 32.2. The molecule has 0 spiro atoms. The van der Waals surface area contributed by atoms with Crippen LogP contribution in [0.3, 0.4) is 0 Å². The third-order valence-electron chi connectivity index (χ3n) is 5.42. The number of nitrogens with zero attached hydrogens (tertiary/aromatic N) is 2. The van der Waals surface area contributed by atoms with Crippen LogP contribution < -0.4 is 9.46 Å². The normalized spacial score (nSPS) is 15.2. The standard InChI is InChI=1S/C23H25N3O5S/c1-3-26-22(31-20-10-8-17(14-27)9-11-20)13-21(24-26)18-6-5-7-19(12-18)23(15-30-16-23)25-32(28,29)4-2/h5-14,25H,3-4,15-16H2,1-2H3. The molecule has 1 fully saturated rings. The summed E-state index contributed by atoms with van der Waals surface area (Å²) in [5, 5.41) is 4.65. The van der Waals surface area contributed by atoms with Gasteiger partial charge in [-0.1, -0.05) is 18.2 Å². The molecule has 9 heteroatoms. The number of benzene rings is 2. The molecule has 1 aliphatic heterocycles. The van der Waals surface area contributed by atoms with E-state index < -0.39 is 15.6 Å². The summed E-state index contributed by atoms with van der Waals surface area (Å²) < 4.78 is 40.3. The van der Waals surface area contributed by atoms with Gasteiger partial charge in [-0.25, -0.2) is 13.1 Å². The molecule has 32 heavy (non-hydrogen) atoms. The van der Waals surface area contributed by atoms with E-state index in [1.807, 2.05) is 37.3 Å². The summed E-state index contributed by atoms with van der Waals surface area (Å²) in [5.74, 6) is 1.18. The molecule has 8 nitrogen and oxygen atoms in total. The molecule has 0 atom stereocenters. The Hall–Kier alpha value is -3.01. The fourth-order valence-electron chi connectivity index (χ4n) is 3.52. The molecular weight excluding hydrogens is 430 g/mol. The lowest BCUT2D eigenvalue weighted by Gasteiger charge is -2.42. The molecule has 4 rings (SSSR count). The highest BCUT2D eigenvalue weighted by Crippen LogP contribution is 2.34. The van der Waals surface area contributed by atoms with E-state index >= 15 is 0 Å². The second-order valence-corrected chi connectivity index (χ2v) is 9.64. The number of rotatable bonds is 9. The first-order valence-electron chi connectivity index (χ1n) is 10.4. The lowest BCUT2D eigenvalue weighted by atomic mass is 9.88. The van der Waals surface area contributed by atoms with Gasteiger partial charge in [0, 0.05) is 23.7 Å². The number of hydrogen-bond donors (Lipinski definition) is 1. The molecule has 2 heterocycles. The minimum absolute atomic E-state index is 0.00384. The van der Waals surface area contributed by atoms with Gasteiger partial charge in [0.1, 0.15) is 17.6 Å². The second kappa shape index (κ2) is 8.85. The number of carbonyl (C=O) groups is 1. The summed E-state index contributed by atoms with van der Waals surface area (Å²) in [4.78, 5) is 10.9. The largest absolute Gasteiger partial charge is 0.439 e. The highest BCUT2D eigenvalue weighted by molar-refractivity contribution is 7.89. The van der Waals surface area contributed by atoms with Crippen molar-refractivity contribution in [2.45, 2.75) is 25.9 Å². The summed E-state index contributed by atoms with van der Waals surface area (Å²) in [6.45, 7) is 4.75. The maximum absolute atomic E-state index is 12.2. The first kappa shape index (κ1) is 22.2. The summed E-state index contributed by atoms with van der Waals surface area (Å²) in [5.41, 5.74) is 2.19. The van der Waals surface area contributed by atoms with Crippen molar-refractivity contribution in [1.29, 1.82) is 0 Å². The first-order valence-corrected chi connectivity index (χ1v) is 12.0. The van der Waals surface area contributed by atoms with Gasteiger partial charge >= 0.3 is 0 Å². The van der Waals surface area contributed by atoms with E-state index in [1.165, 1.54) is 0 Å². The lowest BCUT2D eigenvalue weighted by Crippen LogP contribution is -2.59. The maximum atomic E-state index is 12.2. The quantitative estimate of drug-likeness (QED) is 0.497. The molecule has 2 aromatic carbocycles. The molecule has 0 unspecified atom stereocenters. The van der Waals surface area contributed by atoms with Gasteiger partial charge in [-0.05, 0) is 49.7 Å². The van der Waals surface area contributed by atoms with E-state index in [1.54, 1.807) is 35.9 Å². The number of aromatic nitrogens is 2. The predicted molar refractivity (Wildman–Crippen MR) is 120 cm³/mol. The monoisotopic (exact) mass is 455 g/mol. The molecular formula is C23H25N3O5S. The van der Waals surface area contributed by atoms with Crippen LogP contribution >= 0.6 is 0 Å². The van der Waals surface area contributed by atoms with Crippen LogP contribution in [0.4, 0.5) is 0 Å². The van der Waals surface area contributed by atoms with Crippen LogP contribution in [0.5, 0.6) is 11.6 Å². The van der Waals surface area contributed by atoms with Crippen molar-refractivity contribution in [3.8, 4) is 22.9 Å². The van der Waals surface area contributed by atoms with Crippen LogP contribution in [0.25, 0.3) is 11.3 Å². The molecule has 1 saturated heterocycles. The Morgan fingerprint density at radius 3 is 2.50 bits per heavy atom. The summed E-state index contributed by atoms with van der Waals surface area (Å²) in [6, 6.07) is 16.3. The van der Waals surface area contributed by atoms with Crippen molar-refractivity contribution in [3.63, 3.8) is 0 Å². The van der Waals surface area contributed by atoms with Crippen LogP contribution in [-0.2, 0) is 26.8 Å². The Kier molecular flexibility index (Phi) is 6.14. The Labute approximate surface area is 187 Å². The molecule has 0 bridgehead atoms. The number of aryl methyl sites for hydroxylation is 1. The number of nitrogens with one attached hydrogen (secondary N) is 1. The fraction of sp³-hybridized carbons (Fsp3) is 0.304. The zero-order chi connectivity index (χ0) is 22.8. The van der Waals surface area contributed by atoms with Crippen molar-refractivity contribution in [3.05, 3.63) is 65.7 Å². The van der Waals surface area contributed by atoms with Gasteiger partial charge in [0.2, 0.25) is 15.9 Å². The SMILES string of the molecule is CCn1nc(-c2cccc(C3(NS(=O)(=O)CC)COC3)c2)cc1Oc1ccc(C=O)cc1. The highest BCUT2D eigenvalue weighted by Gasteiger charge is 2.43. The minimum atomic E-state index is -3.40. The van der Waals surface area contributed by atoms with Gasteiger partial charge in [-0.2, -0.15) is 9.82 Å². The van der Waals surface area contributed by atoms with Crippen LogP contribution in [-0.4, -0.2) is 43.5 Å². The van der Waals surface area contributed by atoms with E-state index in [0.717, 1.165) is 17.4 Å². The van der Waals surface area contributed by atoms with Crippen molar-refractivity contribution >= 4 is 16.3 Å². The number of hydrogen-bond acceptors (Lipinski definition) is 6. The predicted octanol–water partition coefficient (Wildman–Crippen LogP) is 3.34. The third kappa shape index (κ3) is 4.45. The van der Waals surface area contributed by atoms with E-state index in [2.05, 4.69) is 9.82 Å². The van der Waals surface area contributed by atoms with Crippen LogP contribution in [0.1, 0.15) is 29.8 Å². The van der Waals surface area contributed by atoms with Gasteiger partial charge in [0.05, 0.1) is 24.7 Å². The van der Waals surface area contributed by atoms with Gasteiger partial charge in [-0.3, -0.25) is 4.79 Å². The Balaban J connectivity index is 1.63. The van der Waals surface area contributed by atoms with Crippen molar-refractivity contribution in [2.75, 3.05) is 19.0 Å². The first-order chi connectivity index (χ1) is 15.4. The zero-order valence-corrected chi connectivity index (χ0v) is 18.8. The van der Waals surface area contributed by atoms with E-state index in [0.29, 0.717) is 29.4 Å². The smallest absolute Gasteiger partial charge is 0.218 e. The van der Waals surface area contributed by atoms with E-state index in [4.69, 9.17) is 9.47 Å². The molecule has 0 saturated carbocycles. The summed E-state index contributed by atoms with van der Waals surface area (Å²) in [7, 11) is -3.40. The number of sulfonamides is 1. The van der Waals surface area contributed by atoms with Gasteiger partial charge in [-0.15, -0.1) is 0 Å².